The first-order valence-electron chi connectivity index (χ1n) is 12.0. The number of aromatic amines is 1. The van der Waals surface area contributed by atoms with Crippen LogP contribution in [-0.4, -0.2) is 55.8 Å². The molecule has 0 saturated heterocycles. The Morgan fingerprint density at radius 1 is 1.18 bits per heavy atom. The largest absolute Gasteiger partial charge is 0.492 e. The molecule has 3 heterocycles. The molecule has 0 spiro atoms. The number of hydrogen-bond acceptors (Lipinski definition) is 6. The average Bonchev–Trinajstić information content (AvgIpc) is 3.49. The van der Waals surface area contributed by atoms with Crippen molar-refractivity contribution < 1.29 is 32.2 Å². The highest BCUT2D eigenvalue weighted by Crippen LogP contribution is 2.42. The van der Waals surface area contributed by atoms with E-state index in [0.717, 1.165) is 0 Å². The SMILES string of the molecule is CC(C)OC(=O)C1=CN(C(=O)c2ccc(OCCn3ccnc3)cc2)CC(C)(C)c2c(C(F)(F)F)n[nH]c21. The molecule has 12 heteroatoms. The summed E-state index contributed by atoms with van der Waals surface area (Å²) in [5, 5.41) is 5.85. The lowest BCUT2D eigenvalue weighted by atomic mass is 9.81. The number of alkyl halides is 3. The zero-order valence-corrected chi connectivity index (χ0v) is 21.4. The fourth-order valence-corrected chi connectivity index (χ4v) is 4.28. The highest BCUT2D eigenvalue weighted by atomic mass is 19.4. The number of esters is 1. The van der Waals surface area contributed by atoms with E-state index in [2.05, 4.69) is 15.2 Å². The molecule has 0 radical (unpaired) electrons. The number of halogens is 3. The minimum atomic E-state index is -4.76. The van der Waals surface area contributed by atoms with E-state index in [1.165, 1.54) is 11.1 Å². The molecule has 0 atom stereocenters. The number of imidazole rings is 1. The maximum atomic E-state index is 13.8. The van der Waals surface area contributed by atoms with E-state index in [1.807, 2.05) is 10.8 Å². The number of fused-ring (bicyclic) bond motifs is 1. The van der Waals surface area contributed by atoms with E-state index in [-0.39, 0.29) is 28.9 Å². The van der Waals surface area contributed by atoms with Crippen molar-refractivity contribution >= 4 is 17.4 Å². The van der Waals surface area contributed by atoms with Gasteiger partial charge in [0.25, 0.3) is 5.91 Å². The van der Waals surface area contributed by atoms with Crippen LogP contribution in [0.4, 0.5) is 13.2 Å². The Bertz CT molecular complexity index is 1330. The van der Waals surface area contributed by atoms with Gasteiger partial charge in [-0.15, -0.1) is 0 Å². The van der Waals surface area contributed by atoms with Crippen LogP contribution >= 0.6 is 0 Å². The van der Waals surface area contributed by atoms with Gasteiger partial charge in [0, 0.05) is 41.7 Å². The van der Waals surface area contributed by atoms with Crippen molar-refractivity contribution in [3.05, 3.63) is 71.7 Å². The molecule has 9 nitrogen and oxygen atoms in total. The van der Waals surface area contributed by atoms with Crippen molar-refractivity contribution in [2.75, 3.05) is 13.2 Å². The minimum absolute atomic E-state index is 0.120. The molecular formula is C26H28F3N5O4. The number of carbonyl (C=O) groups is 2. The molecule has 202 valence electrons. The number of benzene rings is 1. The van der Waals surface area contributed by atoms with Gasteiger partial charge in [0.05, 0.1) is 24.7 Å². The summed E-state index contributed by atoms with van der Waals surface area (Å²) in [4.78, 5) is 31.6. The Morgan fingerprint density at radius 2 is 1.89 bits per heavy atom. The molecular weight excluding hydrogens is 503 g/mol. The highest BCUT2D eigenvalue weighted by molar-refractivity contribution is 6.17. The lowest BCUT2D eigenvalue weighted by molar-refractivity contribution is -0.142. The average molecular weight is 532 g/mol. The summed E-state index contributed by atoms with van der Waals surface area (Å²) in [7, 11) is 0. The number of rotatable bonds is 7. The van der Waals surface area contributed by atoms with E-state index in [0.29, 0.717) is 18.9 Å². The summed E-state index contributed by atoms with van der Waals surface area (Å²) in [5.41, 5.74) is -2.60. The second kappa shape index (κ2) is 10.3. The van der Waals surface area contributed by atoms with Crippen LogP contribution in [-0.2, 0) is 27.7 Å². The monoisotopic (exact) mass is 531 g/mol. The van der Waals surface area contributed by atoms with E-state index in [1.54, 1.807) is 64.5 Å². The van der Waals surface area contributed by atoms with Gasteiger partial charge < -0.3 is 18.9 Å². The van der Waals surface area contributed by atoms with Crippen LogP contribution in [0.2, 0.25) is 0 Å². The predicted molar refractivity (Wildman–Crippen MR) is 131 cm³/mol. The van der Waals surface area contributed by atoms with E-state index in [4.69, 9.17) is 9.47 Å². The molecule has 0 aliphatic carbocycles. The molecule has 1 aliphatic rings. The maximum absolute atomic E-state index is 13.8. The molecule has 0 bridgehead atoms. The Hall–Kier alpha value is -4.09. The predicted octanol–water partition coefficient (Wildman–Crippen LogP) is 4.43. The Kier molecular flexibility index (Phi) is 7.34. The van der Waals surface area contributed by atoms with Crippen LogP contribution in [0.25, 0.3) is 5.57 Å². The van der Waals surface area contributed by atoms with Crippen LogP contribution in [0.3, 0.4) is 0 Å². The van der Waals surface area contributed by atoms with E-state index in [9.17, 15) is 22.8 Å². The third kappa shape index (κ3) is 5.74. The van der Waals surface area contributed by atoms with Gasteiger partial charge in [-0.05, 0) is 38.1 Å². The van der Waals surface area contributed by atoms with Crippen LogP contribution in [0.1, 0.15) is 55.0 Å². The van der Waals surface area contributed by atoms with Crippen molar-refractivity contribution in [1.82, 2.24) is 24.6 Å². The summed E-state index contributed by atoms with van der Waals surface area (Å²) in [5.74, 6) is -0.814. The van der Waals surface area contributed by atoms with Crippen LogP contribution in [0.15, 0.2) is 49.2 Å². The van der Waals surface area contributed by atoms with Gasteiger partial charge in [-0.3, -0.25) is 9.89 Å². The summed E-state index contributed by atoms with van der Waals surface area (Å²) in [6, 6.07) is 6.40. The number of hydrogen-bond donors (Lipinski definition) is 1. The van der Waals surface area contributed by atoms with Gasteiger partial charge in [0.1, 0.15) is 17.9 Å². The number of nitrogens with zero attached hydrogens (tertiary/aromatic N) is 4. The van der Waals surface area contributed by atoms with Crippen LogP contribution < -0.4 is 4.74 Å². The third-order valence-electron chi connectivity index (χ3n) is 5.93. The highest BCUT2D eigenvalue weighted by Gasteiger charge is 2.46. The Labute approximate surface area is 217 Å². The van der Waals surface area contributed by atoms with Crippen molar-refractivity contribution in [3.8, 4) is 5.75 Å². The fourth-order valence-electron chi connectivity index (χ4n) is 4.28. The quantitative estimate of drug-likeness (QED) is 0.453. The van der Waals surface area contributed by atoms with Crippen molar-refractivity contribution in [2.45, 2.75) is 51.9 Å². The van der Waals surface area contributed by atoms with Gasteiger partial charge >= 0.3 is 12.1 Å². The number of ether oxygens (including phenoxy) is 2. The second-order valence-electron chi connectivity index (χ2n) is 9.81. The first-order valence-corrected chi connectivity index (χ1v) is 12.0. The number of H-pyrrole nitrogens is 1. The summed E-state index contributed by atoms with van der Waals surface area (Å²) >= 11 is 0. The summed E-state index contributed by atoms with van der Waals surface area (Å²) in [6.45, 7) is 7.23. The van der Waals surface area contributed by atoms with Gasteiger partial charge in [0.15, 0.2) is 5.69 Å². The summed E-state index contributed by atoms with van der Waals surface area (Å²) < 4.78 is 54.4. The molecule has 2 aromatic heterocycles. The topological polar surface area (TPSA) is 102 Å². The molecule has 0 unspecified atom stereocenters. The van der Waals surface area contributed by atoms with E-state index >= 15 is 0 Å². The van der Waals surface area contributed by atoms with Crippen LogP contribution in [0, 0.1) is 0 Å². The molecule has 1 N–H and O–H groups in total. The number of aromatic nitrogens is 4. The minimum Gasteiger partial charge on any atom is -0.492 e. The van der Waals surface area contributed by atoms with Gasteiger partial charge in [-0.1, -0.05) is 13.8 Å². The van der Waals surface area contributed by atoms with Crippen LogP contribution in [0.5, 0.6) is 5.75 Å². The second-order valence-corrected chi connectivity index (χ2v) is 9.81. The number of amides is 1. The molecule has 3 aromatic rings. The lowest BCUT2D eigenvalue weighted by Gasteiger charge is -2.30. The Morgan fingerprint density at radius 3 is 2.50 bits per heavy atom. The molecule has 1 aliphatic heterocycles. The fraction of sp³-hybridized carbons (Fsp3) is 0.385. The van der Waals surface area contributed by atoms with Gasteiger partial charge in [-0.2, -0.15) is 18.3 Å². The zero-order valence-electron chi connectivity index (χ0n) is 21.4. The van der Waals surface area contributed by atoms with Crippen molar-refractivity contribution in [2.24, 2.45) is 0 Å². The number of nitrogens with one attached hydrogen (secondary N) is 1. The first kappa shape index (κ1) is 27.0. The van der Waals surface area contributed by atoms with Crippen molar-refractivity contribution in [1.29, 1.82) is 0 Å². The lowest BCUT2D eigenvalue weighted by Crippen LogP contribution is -2.37. The molecule has 38 heavy (non-hydrogen) atoms. The standard InChI is InChI=1S/C26H28F3N5O4/c1-16(2)38-24(36)19-13-34(14-25(3,4)20-21(19)31-32-22(20)26(27,28)29)23(35)17-5-7-18(8-6-17)37-12-11-33-10-9-30-15-33/h5-10,13,15-16H,11-12,14H2,1-4H3,(H,31,32). The van der Waals surface area contributed by atoms with Gasteiger partial charge in [-0.25, -0.2) is 9.78 Å². The number of carbonyl (C=O) groups excluding carboxylic acids is 2. The molecule has 1 aromatic carbocycles. The van der Waals surface area contributed by atoms with Gasteiger partial charge in [0.2, 0.25) is 0 Å². The normalized spacial score (nSPS) is 15.1. The summed E-state index contributed by atoms with van der Waals surface area (Å²) in [6.07, 6.45) is 1.10. The zero-order chi connectivity index (χ0) is 27.7. The first-order chi connectivity index (χ1) is 17.9. The smallest absolute Gasteiger partial charge is 0.435 e. The van der Waals surface area contributed by atoms with E-state index < -0.39 is 35.3 Å². The molecule has 4 rings (SSSR count). The molecule has 0 saturated carbocycles. The Balaban J connectivity index is 1.62. The van der Waals surface area contributed by atoms with Crippen molar-refractivity contribution in [3.63, 3.8) is 0 Å². The third-order valence-corrected chi connectivity index (χ3v) is 5.93. The molecule has 1 amide bonds. The maximum Gasteiger partial charge on any atom is 0.435 e. The molecule has 0 fully saturated rings.